The first-order chi connectivity index (χ1) is 12.4. The number of carbonyl (C=O) groups excluding carboxylic acids is 2. The Morgan fingerprint density at radius 3 is 2.15 bits per heavy atom. The molecule has 0 unspecified atom stereocenters. The third kappa shape index (κ3) is 6.04. The largest absolute Gasteiger partial charge is 0.573 e. The Morgan fingerprint density at radius 2 is 1.67 bits per heavy atom. The quantitative estimate of drug-likeness (QED) is 0.776. The van der Waals surface area contributed by atoms with Crippen molar-refractivity contribution >= 4 is 12.0 Å². The first-order valence-corrected chi connectivity index (χ1v) is 8.50. The number of rotatable bonds is 2. The maximum atomic E-state index is 12.6. The molecule has 1 heterocycles. The molecule has 1 aromatic carbocycles. The lowest BCUT2D eigenvalue weighted by Crippen LogP contribution is -2.56. The molecule has 1 saturated heterocycles. The van der Waals surface area contributed by atoms with Crippen LogP contribution in [0.25, 0.3) is 0 Å². The number of nitrogens with zero attached hydrogens (tertiary/aromatic N) is 2. The summed E-state index contributed by atoms with van der Waals surface area (Å²) in [5.74, 6) is -0.702. The summed E-state index contributed by atoms with van der Waals surface area (Å²) in [6, 6.07) is 4.52. The number of ether oxygens (including phenoxy) is 2. The van der Waals surface area contributed by atoms with Crippen molar-refractivity contribution in [3.8, 4) is 5.75 Å². The molecule has 2 rings (SSSR count). The molecule has 9 heteroatoms. The van der Waals surface area contributed by atoms with E-state index < -0.39 is 18.1 Å². The normalized spacial score (nSPS) is 18.3. The Morgan fingerprint density at radius 1 is 1.07 bits per heavy atom. The van der Waals surface area contributed by atoms with Crippen molar-refractivity contribution < 1.29 is 32.2 Å². The summed E-state index contributed by atoms with van der Waals surface area (Å²) in [6.07, 6.45) is -5.21. The third-order valence-electron chi connectivity index (χ3n) is 3.87. The molecule has 150 valence electrons. The molecule has 0 N–H and O–H groups in total. The molecule has 0 saturated carbocycles. The Hall–Kier alpha value is -2.45. The zero-order valence-electron chi connectivity index (χ0n) is 15.7. The first-order valence-electron chi connectivity index (χ1n) is 8.50. The lowest BCUT2D eigenvalue weighted by molar-refractivity contribution is -0.274. The van der Waals surface area contributed by atoms with Gasteiger partial charge in [0, 0.05) is 31.2 Å². The number of hydrogen-bond donors (Lipinski definition) is 0. The smallest absolute Gasteiger partial charge is 0.444 e. The van der Waals surface area contributed by atoms with Crippen molar-refractivity contribution in [1.82, 2.24) is 9.80 Å². The van der Waals surface area contributed by atoms with Gasteiger partial charge in [0.05, 0.1) is 0 Å². The van der Waals surface area contributed by atoms with E-state index in [0.717, 1.165) is 12.1 Å². The highest BCUT2D eigenvalue weighted by Gasteiger charge is 2.33. The maximum absolute atomic E-state index is 12.6. The SMILES string of the molecule is C[C@@H]1CN(C(=O)OC(C)(C)C)CCN1C(=O)c1ccc(OC(F)(F)F)cc1. The molecule has 0 radical (unpaired) electrons. The molecule has 1 aliphatic heterocycles. The Balaban J connectivity index is 1.99. The summed E-state index contributed by atoms with van der Waals surface area (Å²) < 4.78 is 45.8. The van der Waals surface area contributed by atoms with Crippen molar-refractivity contribution in [3.63, 3.8) is 0 Å². The topological polar surface area (TPSA) is 59.1 Å². The zero-order valence-corrected chi connectivity index (χ0v) is 15.7. The maximum Gasteiger partial charge on any atom is 0.573 e. The molecular weight excluding hydrogens is 365 g/mol. The van der Waals surface area contributed by atoms with Crippen LogP contribution in [-0.2, 0) is 4.74 Å². The van der Waals surface area contributed by atoms with Gasteiger partial charge >= 0.3 is 12.5 Å². The number of amides is 2. The minimum absolute atomic E-state index is 0.252. The molecule has 1 aromatic rings. The number of halogens is 3. The first kappa shape index (κ1) is 20.9. The molecule has 0 bridgehead atoms. The van der Waals surface area contributed by atoms with Crippen molar-refractivity contribution in [2.45, 2.75) is 45.7 Å². The Kier molecular flexibility index (Phi) is 5.91. The number of alkyl halides is 3. The summed E-state index contributed by atoms with van der Waals surface area (Å²) >= 11 is 0. The van der Waals surface area contributed by atoms with E-state index in [4.69, 9.17) is 4.74 Å². The molecule has 1 fully saturated rings. The second-order valence-corrected chi connectivity index (χ2v) is 7.35. The van der Waals surface area contributed by atoms with Gasteiger partial charge in [0.2, 0.25) is 0 Å². The van der Waals surface area contributed by atoms with Crippen LogP contribution in [-0.4, -0.2) is 59.4 Å². The molecule has 2 amide bonds. The lowest BCUT2D eigenvalue weighted by atomic mass is 10.1. The highest BCUT2D eigenvalue weighted by molar-refractivity contribution is 5.94. The monoisotopic (exact) mass is 388 g/mol. The van der Waals surface area contributed by atoms with Crippen LogP contribution in [0.1, 0.15) is 38.1 Å². The van der Waals surface area contributed by atoms with E-state index in [1.54, 1.807) is 37.5 Å². The molecule has 27 heavy (non-hydrogen) atoms. The van der Waals surface area contributed by atoms with E-state index in [2.05, 4.69) is 4.74 Å². The molecule has 0 spiro atoms. The van der Waals surface area contributed by atoms with E-state index in [-0.39, 0.29) is 23.3 Å². The van der Waals surface area contributed by atoms with Gasteiger partial charge in [0.25, 0.3) is 5.91 Å². The predicted octanol–water partition coefficient (Wildman–Crippen LogP) is 3.67. The summed E-state index contributed by atoms with van der Waals surface area (Å²) in [6.45, 7) is 8.08. The number of piperazine rings is 1. The van der Waals surface area contributed by atoms with Crippen LogP contribution in [0.15, 0.2) is 24.3 Å². The van der Waals surface area contributed by atoms with Gasteiger partial charge in [0.1, 0.15) is 11.4 Å². The highest BCUT2D eigenvalue weighted by atomic mass is 19.4. The average molecular weight is 388 g/mol. The number of carbonyl (C=O) groups is 2. The fourth-order valence-corrected chi connectivity index (χ4v) is 2.72. The summed E-state index contributed by atoms with van der Waals surface area (Å²) in [4.78, 5) is 27.9. The second-order valence-electron chi connectivity index (χ2n) is 7.35. The summed E-state index contributed by atoms with van der Waals surface area (Å²) in [5.41, 5.74) is -0.352. The average Bonchev–Trinajstić information content (AvgIpc) is 2.51. The fraction of sp³-hybridized carbons (Fsp3) is 0.556. The van der Waals surface area contributed by atoms with Crippen LogP contribution in [0, 0.1) is 0 Å². The third-order valence-corrected chi connectivity index (χ3v) is 3.87. The van der Waals surface area contributed by atoms with Crippen LogP contribution in [0.4, 0.5) is 18.0 Å². The number of benzene rings is 1. The Labute approximate surface area is 155 Å². The van der Waals surface area contributed by atoms with E-state index in [9.17, 15) is 22.8 Å². The van der Waals surface area contributed by atoms with Gasteiger partial charge in [-0.3, -0.25) is 4.79 Å². The minimum Gasteiger partial charge on any atom is -0.444 e. The minimum atomic E-state index is -4.78. The van der Waals surface area contributed by atoms with Gasteiger partial charge < -0.3 is 19.3 Å². The van der Waals surface area contributed by atoms with Crippen LogP contribution >= 0.6 is 0 Å². The lowest BCUT2D eigenvalue weighted by Gasteiger charge is -2.40. The van der Waals surface area contributed by atoms with Crippen molar-refractivity contribution in [3.05, 3.63) is 29.8 Å². The van der Waals surface area contributed by atoms with E-state index in [1.807, 2.05) is 0 Å². The van der Waals surface area contributed by atoms with Crippen LogP contribution < -0.4 is 4.74 Å². The van der Waals surface area contributed by atoms with Crippen molar-refractivity contribution in [2.75, 3.05) is 19.6 Å². The van der Waals surface area contributed by atoms with Gasteiger partial charge in [-0.25, -0.2) is 4.79 Å². The number of hydrogen-bond acceptors (Lipinski definition) is 4. The summed E-state index contributed by atoms with van der Waals surface area (Å²) in [7, 11) is 0. The van der Waals surface area contributed by atoms with Crippen LogP contribution in [0.3, 0.4) is 0 Å². The second kappa shape index (κ2) is 7.66. The predicted molar refractivity (Wildman–Crippen MR) is 91.4 cm³/mol. The van der Waals surface area contributed by atoms with Crippen LogP contribution in [0.2, 0.25) is 0 Å². The molecular formula is C18H23F3N2O4. The van der Waals surface area contributed by atoms with Crippen LogP contribution in [0.5, 0.6) is 5.75 Å². The fourth-order valence-electron chi connectivity index (χ4n) is 2.72. The van der Waals surface area contributed by atoms with Gasteiger partial charge in [-0.2, -0.15) is 0 Å². The molecule has 0 aromatic heterocycles. The van der Waals surface area contributed by atoms with E-state index in [1.165, 1.54) is 12.1 Å². The standard InChI is InChI=1S/C18H23F3N2O4/c1-12-11-22(16(25)27-17(2,3)4)9-10-23(12)15(24)13-5-7-14(8-6-13)26-18(19,20)21/h5-8,12H,9-11H2,1-4H3/t12-/m1/s1. The van der Waals surface area contributed by atoms with E-state index in [0.29, 0.717) is 19.6 Å². The summed E-state index contributed by atoms with van der Waals surface area (Å²) in [5, 5.41) is 0. The van der Waals surface area contributed by atoms with Crippen molar-refractivity contribution in [2.24, 2.45) is 0 Å². The van der Waals surface area contributed by atoms with Gasteiger partial charge in [-0.1, -0.05) is 0 Å². The zero-order chi connectivity index (χ0) is 20.4. The van der Waals surface area contributed by atoms with Crippen molar-refractivity contribution in [1.29, 1.82) is 0 Å². The molecule has 6 nitrogen and oxygen atoms in total. The van der Waals surface area contributed by atoms with Gasteiger partial charge in [-0.05, 0) is 52.0 Å². The molecule has 1 atom stereocenters. The molecule has 0 aliphatic carbocycles. The highest BCUT2D eigenvalue weighted by Crippen LogP contribution is 2.24. The Bertz CT molecular complexity index is 683. The molecule has 1 aliphatic rings. The van der Waals surface area contributed by atoms with E-state index >= 15 is 0 Å². The van der Waals surface area contributed by atoms with Gasteiger partial charge in [-0.15, -0.1) is 13.2 Å². The van der Waals surface area contributed by atoms with Gasteiger partial charge in [0.15, 0.2) is 0 Å².